The zero-order valence-corrected chi connectivity index (χ0v) is 77.0. The normalized spacial score (nSPS) is 12.2. The fourth-order valence-electron chi connectivity index (χ4n) is 15.7. The number of H-pyrrole nitrogens is 2. The van der Waals surface area contributed by atoms with Crippen molar-refractivity contribution in [3.8, 4) is 23.0 Å². The van der Waals surface area contributed by atoms with Gasteiger partial charge >= 0.3 is 21.1 Å². The van der Waals surface area contributed by atoms with Crippen molar-refractivity contribution < 1.29 is 59.0 Å². The molecule has 2 aliphatic rings. The van der Waals surface area contributed by atoms with E-state index in [0.29, 0.717) is 122 Å². The van der Waals surface area contributed by atoms with Crippen LogP contribution in [0, 0.1) is 0 Å². The van der Waals surface area contributed by atoms with Gasteiger partial charge in [-0.25, -0.2) is 9.97 Å². The van der Waals surface area contributed by atoms with E-state index in [0.717, 1.165) is 125 Å². The molecule has 0 saturated heterocycles. The molecular weight excluding hydrogens is 1580 g/mol. The number of nitrogens with one attached hydrogen (secondary N) is 2. The van der Waals surface area contributed by atoms with Crippen molar-refractivity contribution in [2.45, 2.75) is 466 Å². The Bertz CT molecular complexity index is 2610. The molecule has 0 aromatic carbocycles. The van der Waals surface area contributed by atoms with Crippen LogP contribution in [0.15, 0.2) is 24.3 Å². The molecule has 2 aliphatic heterocycles. The molecule has 0 saturated carbocycles. The van der Waals surface area contributed by atoms with Gasteiger partial charge in [0.05, 0.1) is 74.9 Å². The number of nitrogens with zero attached hydrogens (tertiary/aromatic N) is 2. The summed E-state index contributed by atoms with van der Waals surface area (Å²) in [5, 5.41) is 0. The van der Waals surface area contributed by atoms with Crippen molar-refractivity contribution in [1.29, 1.82) is 0 Å². The molecule has 3 aromatic rings. The molecule has 2 N–H and O–H groups in total. The largest absolute Gasteiger partial charge is 2.00 e. The number of rotatable bonds is 80. The molecule has 113 heavy (non-hydrogen) atoms. The van der Waals surface area contributed by atoms with E-state index in [9.17, 15) is 0 Å². The standard InChI is InChI=1S/C100H174N4O8.Pt/c1-9-17-25-33-41-49-57-65-73-105-93-85-81-87-95(107-75-67-59-51-43-35-27-19-11-3)97(109-77-69-61-53-45-37-29-21-13-5)89(102-87)83-91-99(111-79-71-63-55-47-39-31-23-15-7)100(112-80-72-64-56-48-40-32-24-16-8)92(104-91)84-90-98(110-78-70-62-54-46-38-30-22-14-6)96(108-76-68-60-52-44-36-28-20-12-4)88(103-90)82-86(101-85)94(93)106-74-66-58-50-42-34-26-18-10-2;/h81-84,101,104H,9-80H2,1-8H3;/q;+2. The van der Waals surface area contributed by atoms with Crippen molar-refractivity contribution in [2.75, 3.05) is 52.9 Å². The summed E-state index contributed by atoms with van der Waals surface area (Å²) >= 11 is 0. The maximum Gasteiger partial charge on any atom is 2.00 e. The SMILES string of the molecule is CCCCCCCCCCOC1=C(OCCCCCCCCCC)c2cc3[nH]c(cc4nc(cc5[nH]c(cc1n2)c(OCCCCCCCCCC)c5OCCCCCCCCCC)C(OCCCCCCCCCC)=C4OCCCCCCCCCC)c(OCCCCCCCCCC)c3OCCCCCCCCCC.[Pt+2]. The van der Waals surface area contributed by atoms with Gasteiger partial charge in [-0.15, -0.1) is 0 Å². The number of aromatic amines is 2. The van der Waals surface area contributed by atoms with Crippen LogP contribution in [-0.2, 0) is 40.0 Å². The Kier molecular flexibility index (Phi) is 63.2. The van der Waals surface area contributed by atoms with Crippen LogP contribution in [0.1, 0.15) is 489 Å². The van der Waals surface area contributed by atoms with Crippen molar-refractivity contribution >= 4 is 45.1 Å². The first-order valence-electron chi connectivity index (χ1n) is 48.8. The van der Waals surface area contributed by atoms with Crippen LogP contribution < -0.4 is 18.9 Å². The quantitative estimate of drug-likeness (QED) is 0.0527. The molecule has 13 heteroatoms. The monoisotopic (exact) mass is 1750 g/mol. The van der Waals surface area contributed by atoms with E-state index in [1.54, 1.807) is 0 Å². The Morgan fingerprint density at radius 1 is 0.177 bits per heavy atom. The van der Waals surface area contributed by atoms with Gasteiger partial charge in [-0.1, -0.05) is 415 Å². The van der Waals surface area contributed by atoms with Gasteiger partial charge in [-0.05, 0) is 75.6 Å². The molecule has 0 aliphatic carbocycles. The first-order valence-corrected chi connectivity index (χ1v) is 48.8. The van der Waals surface area contributed by atoms with E-state index in [1.165, 1.54) is 308 Å². The van der Waals surface area contributed by atoms with Crippen LogP contribution in [0.3, 0.4) is 0 Å². The van der Waals surface area contributed by atoms with E-state index < -0.39 is 0 Å². The Morgan fingerprint density at radius 3 is 0.442 bits per heavy atom. The maximum absolute atomic E-state index is 7.26. The third kappa shape index (κ3) is 44.9. The molecule has 12 nitrogen and oxygen atoms in total. The molecule has 0 radical (unpaired) electrons. The van der Waals surface area contributed by atoms with Crippen LogP contribution >= 0.6 is 0 Å². The second kappa shape index (κ2) is 70.7. The second-order valence-corrected chi connectivity index (χ2v) is 33.5. The average molecular weight is 1760 g/mol. The van der Waals surface area contributed by atoms with E-state index in [1.807, 2.05) is 0 Å². The molecule has 650 valence electrons. The van der Waals surface area contributed by atoms with Gasteiger partial charge in [0, 0.05) is 0 Å². The smallest absolute Gasteiger partial charge is 0.488 e. The predicted octanol–water partition coefficient (Wildman–Crippen LogP) is 32.7. The molecule has 0 unspecified atom stereocenters. The number of ether oxygens (including phenoxy) is 8. The second-order valence-electron chi connectivity index (χ2n) is 33.5. The van der Waals surface area contributed by atoms with E-state index in [4.69, 9.17) is 47.9 Å². The van der Waals surface area contributed by atoms with Crippen molar-refractivity contribution in [3.63, 3.8) is 0 Å². The molecular formula is C100H174N4O8Pt+2. The summed E-state index contributed by atoms with van der Waals surface area (Å²) in [6, 6.07) is 8.64. The fourth-order valence-corrected chi connectivity index (χ4v) is 15.7. The molecule has 3 aromatic heterocycles. The first kappa shape index (κ1) is 101. The van der Waals surface area contributed by atoms with Gasteiger partial charge in [0.2, 0.25) is 0 Å². The van der Waals surface area contributed by atoms with Crippen LogP contribution in [0.2, 0.25) is 0 Å². The van der Waals surface area contributed by atoms with Gasteiger partial charge in [0.1, 0.15) is 22.8 Å². The number of fused-ring (bicyclic) bond motifs is 8. The number of aromatic nitrogens is 4. The van der Waals surface area contributed by atoms with Gasteiger partial charge in [-0.2, -0.15) is 0 Å². The summed E-state index contributed by atoms with van der Waals surface area (Å²) in [5.41, 5.74) is 5.86. The fraction of sp³-hybridized carbons (Fsp3) is 0.800. The molecule has 8 bridgehead atoms. The summed E-state index contributed by atoms with van der Waals surface area (Å²) in [6.45, 7) is 22.8. The summed E-state index contributed by atoms with van der Waals surface area (Å²) < 4.78 is 58.1. The molecule has 0 spiro atoms. The van der Waals surface area contributed by atoms with E-state index in [-0.39, 0.29) is 21.1 Å². The minimum Gasteiger partial charge on any atom is -0.488 e. The molecule has 0 amide bonds. The summed E-state index contributed by atoms with van der Waals surface area (Å²) in [6.07, 6.45) is 77.4. The summed E-state index contributed by atoms with van der Waals surface area (Å²) in [7, 11) is 0. The molecule has 5 rings (SSSR count). The maximum atomic E-state index is 7.26. The molecule has 0 fully saturated rings. The Hall–Kier alpha value is -4.31. The third-order valence-electron chi connectivity index (χ3n) is 22.8. The minimum absolute atomic E-state index is 0. The summed E-state index contributed by atoms with van der Waals surface area (Å²) in [4.78, 5) is 19.4. The van der Waals surface area contributed by atoms with Gasteiger partial charge in [-0.3, -0.25) is 0 Å². The Morgan fingerprint density at radius 2 is 0.301 bits per heavy atom. The van der Waals surface area contributed by atoms with Gasteiger partial charge in [0.25, 0.3) is 0 Å². The average Bonchev–Trinajstić information content (AvgIpc) is 1.61. The topological polar surface area (TPSA) is 131 Å². The van der Waals surface area contributed by atoms with E-state index >= 15 is 0 Å². The predicted molar refractivity (Wildman–Crippen MR) is 481 cm³/mol. The van der Waals surface area contributed by atoms with Crippen LogP contribution in [-0.4, -0.2) is 72.8 Å². The molecule has 5 heterocycles. The number of hydrogen-bond donors (Lipinski definition) is 2. The van der Waals surface area contributed by atoms with Crippen LogP contribution in [0.5, 0.6) is 23.0 Å². The van der Waals surface area contributed by atoms with Crippen LogP contribution in [0.4, 0.5) is 0 Å². The van der Waals surface area contributed by atoms with Crippen molar-refractivity contribution in [2.24, 2.45) is 0 Å². The number of hydrogen-bond acceptors (Lipinski definition) is 10. The van der Waals surface area contributed by atoms with Gasteiger partial charge < -0.3 is 47.9 Å². The summed E-state index contributed by atoms with van der Waals surface area (Å²) in [5.74, 6) is 5.42. The third-order valence-corrected chi connectivity index (χ3v) is 22.8. The van der Waals surface area contributed by atoms with Crippen LogP contribution in [0.25, 0.3) is 45.1 Å². The first-order chi connectivity index (χ1) is 55.5. The van der Waals surface area contributed by atoms with Crippen molar-refractivity contribution in [1.82, 2.24) is 19.9 Å². The zero-order valence-electron chi connectivity index (χ0n) is 74.7. The Balaban J connectivity index is 0.0000269. The van der Waals surface area contributed by atoms with E-state index in [2.05, 4.69) is 89.6 Å². The minimum atomic E-state index is 0. The van der Waals surface area contributed by atoms with Gasteiger partial charge in [0.15, 0.2) is 46.0 Å². The zero-order chi connectivity index (χ0) is 79.5. The van der Waals surface area contributed by atoms with Crippen molar-refractivity contribution in [3.05, 3.63) is 47.0 Å². The Labute approximate surface area is 708 Å². The molecule has 0 atom stereocenters. The number of unbranched alkanes of at least 4 members (excludes halogenated alkanes) is 56.